The van der Waals surface area contributed by atoms with E-state index in [9.17, 15) is 4.79 Å². The van der Waals surface area contributed by atoms with Crippen LogP contribution in [0.3, 0.4) is 0 Å². The standard InChI is InChI=1S/C10H16N4O/c11-4-5-14-7-9(12-13-14)10(15)6-8-2-1-3-8/h7-8H,1-6,11H2. The van der Waals surface area contributed by atoms with Gasteiger partial charge in [0.1, 0.15) is 5.69 Å². The number of ketones is 1. The first-order valence-electron chi connectivity index (χ1n) is 5.43. The molecule has 5 nitrogen and oxygen atoms in total. The van der Waals surface area contributed by atoms with Crippen LogP contribution >= 0.6 is 0 Å². The fraction of sp³-hybridized carbons (Fsp3) is 0.700. The third-order valence-corrected chi connectivity index (χ3v) is 2.88. The minimum absolute atomic E-state index is 0.114. The molecule has 0 aromatic carbocycles. The molecule has 0 atom stereocenters. The fourth-order valence-electron chi connectivity index (χ4n) is 1.73. The number of rotatable bonds is 5. The molecule has 0 spiro atoms. The van der Waals surface area contributed by atoms with E-state index in [1.54, 1.807) is 10.9 Å². The second-order valence-corrected chi connectivity index (χ2v) is 4.08. The lowest BCUT2D eigenvalue weighted by Gasteiger charge is -2.23. The van der Waals surface area contributed by atoms with Gasteiger partial charge in [0.2, 0.25) is 0 Å². The van der Waals surface area contributed by atoms with Gasteiger partial charge in [0.15, 0.2) is 5.78 Å². The van der Waals surface area contributed by atoms with E-state index in [0.29, 0.717) is 31.1 Å². The van der Waals surface area contributed by atoms with Crippen LogP contribution in [0.2, 0.25) is 0 Å². The van der Waals surface area contributed by atoms with Crippen molar-refractivity contribution in [2.75, 3.05) is 6.54 Å². The number of carbonyl (C=O) groups is 1. The van der Waals surface area contributed by atoms with E-state index in [0.717, 1.165) is 0 Å². The molecule has 0 bridgehead atoms. The fourth-order valence-corrected chi connectivity index (χ4v) is 1.73. The second kappa shape index (κ2) is 4.53. The molecule has 2 rings (SSSR count). The van der Waals surface area contributed by atoms with Gasteiger partial charge in [-0.1, -0.05) is 24.5 Å². The molecule has 82 valence electrons. The summed E-state index contributed by atoms with van der Waals surface area (Å²) >= 11 is 0. The Morgan fingerprint density at radius 1 is 1.60 bits per heavy atom. The smallest absolute Gasteiger partial charge is 0.184 e. The van der Waals surface area contributed by atoms with Gasteiger partial charge in [-0.2, -0.15) is 0 Å². The summed E-state index contributed by atoms with van der Waals surface area (Å²) in [6.07, 6.45) is 5.94. The summed E-state index contributed by atoms with van der Waals surface area (Å²) in [6, 6.07) is 0. The molecule has 1 aliphatic rings. The van der Waals surface area contributed by atoms with Gasteiger partial charge in [0.25, 0.3) is 0 Å². The number of aromatic nitrogens is 3. The monoisotopic (exact) mass is 208 g/mol. The second-order valence-electron chi connectivity index (χ2n) is 4.08. The van der Waals surface area contributed by atoms with Crippen LogP contribution in [0.15, 0.2) is 6.20 Å². The average molecular weight is 208 g/mol. The van der Waals surface area contributed by atoms with E-state index in [1.807, 2.05) is 0 Å². The summed E-state index contributed by atoms with van der Waals surface area (Å²) < 4.78 is 1.62. The minimum Gasteiger partial charge on any atom is -0.329 e. The molecule has 1 aromatic heterocycles. The maximum absolute atomic E-state index is 11.7. The molecule has 15 heavy (non-hydrogen) atoms. The number of carbonyl (C=O) groups excluding carboxylic acids is 1. The highest BCUT2D eigenvalue weighted by molar-refractivity contribution is 5.94. The molecule has 1 aliphatic carbocycles. The zero-order chi connectivity index (χ0) is 10.7. The molecule has 1 heterocycles. The number of hydrogen-bond acceptors (Lipinski definition) is 4. The number of nitrogens with zero attached hydrogens (tertiary/aromatic N) is 3. The first-order valence-corrected chi connectivity index (χ1v) is 5.43. The third-order valence-electron chi connectivity index (χ3n) is 2.88. The molecule has 1 aromatic rings. The van der Waals surface area contributed by atoms with Crippen molar-refractivity contribution in [3.05, 3.63) is 11.9 Å². The summed E-state index contributed by atoms with van der Waals surface area (Å²) in [5.74, 6) is 0.695. The summed E-state index contributed by atoms with van der Waals surface area (Å²) in [7, 11) is 0. The maximum Gasteiger partial charge on any atom is 0.184 e. The quantitative estimate of drug-likeness (QED) is 0.719. The predicted octanol–water partition coefficient (Wildman–Crippen LogP) is 0.610. The van der Waals surface area contributed by atoms with E-state index in [1.165, 1.54) is 19.3 Å². The number of nitrogens with two attached hydrogens (primary N) is 1. The molecular weight excluding hydrogens is 192 g/mol. The SMILES string of the molecule is NCCn1cc(C(=O)CC2CCC2)nn1. The Labute approximate surface area is 88.6 Å². The van der Waals surface area contributed by atoms with E-state index in [2.05, 4.69) is 10.3 Å². The maximum atomic E-state index is 11.7. The van der Waals surface area contributed by atoms with Gasteiger partial charge < -0.3 is 5.73 Å². The van der Waals surface area contributed by atoms with Crippen LogP contribution in [-0.4, -0.2) is 27.3 Å². The van der Waals surface area contributed by atoms with Gasteiger partial charge in [0, 0.05) is 13.0 Å². The first kappa shape index (κ1) is 10.3. The zero-order valence-electron chi connectivity index (χ0n) is 8.72. The van der Waals surface area contributed by atoms with Gasteiger partial charge in [0.05, 0.1) is 12.7 Å². The highest BCUT2D eigenvalue weighted by Crippen LogP contribution is 2.30. The average Bonchev–Trinajstić information content (AvgIpc) is 2.60. The Kier molecular flexibility index (Phi) is 3.11. The minimum atomic E-state index is 0.114. The molecule has 1 fully saturated rings. The van der Waals surface area contributed by atoms with Crippen molar-refractivity contribution in [3.8, 4) is 0 Å². The van der Waals surface area contributed by atoms with E-state index in [4.69, 9.17) is 5.73 Å². The van der Waals surface area contributed by atoms with Crippen LogP contribution in [0.4, 0.5) is 0 Å². The topological polar surface area (TPSA) is 73.8 Å². The van der Waals surface area contributed by atoms with E-state index in [-0.39, 0.29) is 5.78 Å². The Morgan fingerprint density at radius 3 is 3.00 bits per heavy atom. The van der Waals surface area contributed by atoms with Crippen molar-refractivity contribution in [2.24, 2.45) is 11.7 Å². The van der Waals surface area contributed by atoms with Gasteiger partial charge in [-0.15, -0.1) is 5.10 Å². The molecular formula is C10H16N4O. The van der Waals surface area contributed by atoms with Crippen LogP contribution in [0.1, 0.15) is 36.2 Å². The van der Waals surface area contributed by atoms with Crippen molar-refractivity contribution in [1.82, 2.24) is 15.0 Å². The highest BCUT2D eigenvalue weighted by Gasteiger charge is 2.22. The summed E-state index contributed by atoms with van der Waals surface area (Å²) in [5, 5.41) is 7.70. The van der Waals surface area contributed by atoms with Crippen LogP contribution in [0.25, 0.3) is 0 Å². The van der Waals surface area contributed by atoms with Crippen molar-refractivity contribution < 1.29 is 4.79 Å². The lowest BCUT2D eigenvalue weighted by Crippen LogP contribution is -2.16. The lowest BCUT2D eigenvalue weighted by atomic mass is 9.81. The van der Waals surface area contributed by atoms with E-state index >= 15 is 0 Å². The third kappa shape index (κ3) is 2.41. The summed E-state index contributed by atoms with van der Waals surface area (Å²) in [4.78, 5) is 11.7. The molecule has 0 unspecified atom stereocenters. The van der Waals surface area contributed by atoms with Crippen LogP contribution in [0, 0.1) is 5.92 Å². The molecule has 0 amide bonds. The van der Waals surface area contributed by atoms with Gasteiger partial charge >= 0.3 is 0 Å². The van der Waals surface area contributed by atoms with Gasteiger partial charge in [-0.25, -0.2) is 0 Å². The Hall–Kier alpha value is -1.23. The molecule has 0 aliphatic heterocycles. The largest absolute Gasteiger partial charge is 0.329 e. The van der Waals surface area contributed by atoms with Crippen LogP contribution in [0.5, 0.6) is 0 Å². The Morgan fingerprint density at radius 2 is 2.40 bits per heavy atom. The molecule has 1 saturated carbocycles. The van der Waals surface area contributed by atoms with Crippen molar-refractivity contribution in [2.45, 2.75) is 32.2 Å². The normalized spacial score (nSPS) is 16.3. The van der Waals surface area contributed by atoms with E-state index < -0.39 is 0 Å². The van der Waals surface area contributed by atoms with Gasteiger partial charge in [-0.05, 0) is 5.92 Å². The number of hydrogen-bond donors (Lipinski definition) is 1. The highest BCUT2D eigenvalue weighted by atomic mass is 16.1. The lowest BCUT2D eigenvalue weighted by molar-refractivity contribution is 0.0931. The van der Waals surface area contributed by atoms with Gasteiger partial charge in [-0.3, -0.25) is 9.48 Å². The molecule has 5 heteroatoms. The number of Topliss-reactive ketones (excluding diaryl/α,β-unsaturated/α-hetero) is 1. The first-order chi connectivity index (χ1) is 7.29. The molecule has 2 N–H and O–H groups in total. The van der Waals surface area contributed by atoms with Crippen molar-refractivity contribution in [1.29, 1.82) is 0 Å². The Bertz CT molecular complexity index is 343. The van der Waals surface area contributed by atoms with Crippen molar-refractivity contribution >= 4 is 5.78 Å². The predicted molar refractivity (Wildman–Crippen MR) is 55.4 cm³/mol. The van der Waals surface area contributed by atoms with Crippen LogP contribution < -0.4 is 5.73 Å². The molecule has 0 radical (unpaired) electrons. The van der Waals surface area contributed by atoms with Crippen LogP contribution in [-0.2, 0) is 6.54 Å². The zero-order valence-corrected chi connectivity index (χ0v) is 8.72. The van der Waals surface area contributed by atoms with Crippen molar-refractivity contribution in [3.63, 3.8) is 0 Å². The summed E-state index contributed by atoms with van der Waals surface area (Å²) in [5.41, 5.74) is 5.87. The molecule has 0 saturated heterocycles. The summed E-state index contributed by atoms with van der Waals surface area (Å²) in [6.45, 7) is 1.13. The Balaban J connectivity index is 1.92.